The monoisotopic (exact) mass is 635 g/mol. The number of amides is 2. The fraction of sp³-hybridized carbons (Fsp3) is 0.333. The number of aryl methyl sites for hydroxylation is 1. The fourth-order valence-electron chi connectivity index (χ4n) is 4.01. The van der Waals surface area contributed by atoms with E-state index in [1.165, 1.54) is 28.8 Å². The van der Waals surface area contributed by atoms with E-state index < -0.39 is 34.1 Å². The lowest BCUT2D eigenvalue weighted by atomic mass is 10.1. The van der Waals surface area contributed by atoms with Gasteiger partial charge in [0.15, 0.2) is 0 Å². The molecule has 11 heteroatoms. The van der Waals surface area contributed by atoms with Crippen LogP contribution in [0.4, 0.5) is 5.69 Å². The molecule has 0 aliphatic rings. The highest BCUT2D eigenvalue weighted by molar-refractivity contribution is 7.98. The highest BCUT2D eigenvalue weighted by Gasteiger charge is 2.33. The Morgan fingerprint density at radius 2 is 1.56 bits per heavy atom. The molecule has 0 fully saturated rings. The van der Waals surface area contributed by atoms with E-state index in [2.05, 4.69) is 5.32 Å². The van der Waals surface area contributed by atoms with Crippen LogP contribution in [0.25, 0.3) is 0 Å². The minimum Gasteiger partial charge on any atom is -0.350 e. The molecule has 0 aromatic heterocycles. The molecule has 0 saturated carbocycles. The van der Waals surface area contributed by atoms with Crippen molar-refractivity contribution in [3.8, 4) is 0 Å². The van der Waals surface area contributed by atoms with Crippen molar-refractivity contribution in [3.63, 3.8) is 0 Å². The molecular weight excluding hydrogens is 601 g/mol. The number of sulfonamides is 1. The van der Waals surface area contributed by atoms with Gasteiger partial charge in [-0.15, -0.1) is 11.8 Å². The number of nitrogens with zero attached hydrogens (tertiary/aromatic N) is 2. The summed E-state index contributed by atoms with van der Waals surface area (Å²) in [5.41, 5.74) is 1.37. The number of thioether (sulfide) groups is 1. The Balaban J connectivity index is 2.05. The minimum atomic E-state index is -4.14. The molecule has 1 N–H and O–H groups in total. The van der Waals surface area contributed by atoms with Gasteiger partial charge in [0.25, 0.3) is 10.0 Å². The van der Waals surface area contributed by atoms with Crippen molar-refractivity contribution in [1.82, 2.24) is 10.2 Å². The first kappa shape index (κ1) is 32.8. The number of anilines is 1. The Morgan fingerprint density at radius 1 is 0.951 bits per heavy atom. The molecule has 3 aromatic rings. The summed E-state index contributed by atoms with van der Waals surface area (Å²) in [6.45, 7) is 8.53. The zero-order chi connectivity index (χ0) is 30.5. The smallest absolute Gasteiger partial charge is 0.264 e. The number of benzene rings is 3. The SMILES string of the molecule is CSc1ccc(S(=O)(=O)N(CC(=O)N(Cc2ccc(Cl)c(Cl)c2)[C@H](C)C(=O)NC(C)(C)C)c2ccc(C)cc2)cc1. The van der Waals surface area contributed by atoms with E-state index >= 15 is 0 Å². The summed E-state index contributed by atoms with van der Waals surface area (Å²) in [6.07, 6.45) is 1.90. The van der Waals surface area contributed by atoms with Crippen LogP contribution in [0.5, 0.6) is 0 Å². The lowest BCUT2D eigenvalue weighted by Gasteiger charge is -2.33. The predicted molar refractivity (Wildman–Crippen MR) is 168 cm³/mol. The van der Waals surface area contributed by atoms with Crippen LogP contribution in [-0.4, -0.2) is 49.5 Å². The van der Waals surface area contributed by atoms with Crippen molar-refractivity contribution < 1.29 is 18.0 Å². The van der Waals surface area contributed by atoms with Crippen LogP contribution in [0.3, 0.4) is 0 Å². The van der Waals surface area contributed by atoms with E-state index in [1.54, 1.807) is 61.5 Å². The minimum absolute atomic E-state index is 0.0126. The normalized spacial score (nSPS) is 12.5. The van der Waals surface area contributed by atoms with E-state index in [-0.39, 0.29) is 17.3 Å². The molecule has 0 heterocycles. The lowest BCUT2D eigenvalue weighted by Crippen LogP contribution is -2.54. The molecule has 0 bridgehead atoms. The molecule has 0 aliphatic carbocycles. The molecule has 1 atom stereocenters. The number of carbonyl (C=O) groups excluding carboxylic acids is 2. The highest BCUT2D eigenvalue weighted by Crippen LogP contribution is 2.27. The summed E-state index contributed by atoms with van der Waals surface area (Å²) in [5, 5.41) is 3.57. The average molecular weight is 637 g/mol. The molecule has 3 rings (SSSR count). The largest absolute Gasteiger partial charge is 0.350 e. The van der Waals surface area contributed by atoms with E-state index in [0.29, 0.717) is 21.3 Å². The lowest BCUT2D eigenvalue weighted by molar-refractivity contribution is -0.140. The predicted octanol–water partition coefficient (Wildman–Crippen LogP) is 6.55. The summed E-state index contributed by atoms with van der Waals surface area (Å²) < 4.78 is 29.0. The van der Waals surface area contributed by atoms with Crippen molar-refractivity contribution in [2.45, 2.75) is 62.5 Å². The third-order valence-corrected chi connectivity index (χ3v) is 9.52. The van der Waals surface area contributed by atoms with Crippen LogP contribution in [0.1, 0.15) is 38.8 Å². The Morgan fingerprint density at radius 3 is 2.10 bits per heavy atom. The summed E-state index contributed by atoms with van der Waals surface area (Å²) in [6, 6.07) is 17.4. The van der Waals surface area contributed by atoms with E-state index in [1.807, 2.05) is 34.0 Å². The van der Waals surface area contributed by atoms with Gasteiger partial charge in [0, 0.05) is 17.0 Å². The van der Waals surface area contributed by atoms with Crippen molar-refractivity contribution >= 4 is 62.5 Å². The van der Waals surface area contributed by atoms with Gasteiger partial charge in [0.1, 0.15) is 12.6 Å². The van der Waals surface area contributed by atoms with E-state index in [9.17, 15) is 18.0 Å². The molecule has 0 spiro atoms. The second-order valence-electron chi connectivity index (χ2n) is 10.7. The third-order valence-electron chi connectivity index (χ3n) is 6.25. The second-order valence-corrected chi connectivity index (χ2v) is 14.3. The molecule has 220 valence electrons. The summed E-state index contributed by atoms with van der Waals surface area (Å²) in [7, 11) is -4.14. The molecule has 3 aromatic carbocycles. The van der Waals surface area contributed by atoms with Gasteiger partial charge in [-0.1, -0.05) is 47.0 Å². The molecule has 41 heavy (non-hydrogen) atoms. The van der Waals surface area contributed by atoms with Crippen LogP contribution in [-0.2, 0) is 26.2 Å². The topological polar surface area (TPSA) is 86.8 Å². The van der Waals surface area contributed by atoms with Crippen LogP contribution in [0.15, 0.2) is 76.5 Å². The Labute approximate surface area is 257 Å². The number of hydrogen-bond acceptors (Lipinski definition) is 5. The molecule has 0 saturated heterocycles. The van der Waals surface area contributed by atoms with Crippen LogP contribution >= 0.6 is 35.0 Å². The van der Waals surface area contributed by atoms with Crippen molar-refractivity contribution in [3.05, 3.63) is 87.9 Å². The van der Waals surface area contributed by atoms with Crippen molar-refractivity contribution in [2.75, 3.05) is 17.1 Å². The Bertz CT molecular complexity index is 1490. The highest BCUT2D eigenvalue weighted by atomic mass is 35.5. The van der Waals surface area contributed by atoms with Gasteiger partial charge in [0.05, 0.1) is 20.6 Å². The second kappa shape index (κ2) is 13.5. The van der Waals surface area contributed by atoms with Gasteiger partial charge in [-0.3, -0.25) is 13.9 Å². The molecule has 0 radical (unpaired) electrons. The summed E-state index contributed by atoms with van der Waals surface area (Å²) >= 11 is 13.8. The number of carbonyl (C=O) groups is 2. The standard InChI is InChI=1S/C30H35Cl2N3O4S2/c1-20-7-10-23(11-8-20)35(41(38,39)25-14-12-24(40-6)13-15-25)19-28(36)34(21(2)29(37)33-30(3,4)5)18-22-9-16-26(31)27(32)17-22/h7-17,21H,18-19H2,1-6H3,(H,33,37)/t21-/m1/s1. The molecule has 2 amide bonds. The zero-order valence-corrected chi connectivity index (χ0v) is 27.1. The number of rotatable bonds is 10. The first-order valence-electron chi connectivity index (χ1n) is 12.9. The van der Waals surface area contributed by atoms with Crippen LogP contribution in [0, 0.1) is 6.92 Å². The maximum atomic E-state index is 14.0. The van der Waals surface area contributed by atoms with Gasteiger partial charge >= 0.3 is 0 Å². The molecule has 0 aliphatic heterocycles. The van der Waals surface area contributed by atoms with Gasteiger partial charge in [0.2, 0.25) is 11.8 Å². The maximum absolute atomic E-state index is 14.0. The van der Waals surface area contributed by atoms with Crippen molar-refractivity contribution in [2.24, 2.45) is 0 Å². The molecule has 0 unspecified atom stereocenters. The van der Waals surface area contributed by atoms with E-state index in [4.69, 9.17) is 23.2 Å². The van der Waals surface area contributed by atoms with Crippen molar-refractivity contribution in [1.29, 1.82) is 0 Å². The third kappa shape index (κ3) is 8.64. The fourth-order valence-corrected chi connectivity index (χ4v) is 6.15. The molecule has 7 nitrogen and oxygen atoms in total. The Hall–Kier alpha value is -2.72. The number of hydrogen-bond donors (Lipinski definition) is 1. The zero-order valence-electron chi connectivity index (χ0n) is 23.9. The van der Waals surface area contributed by atoms with Gasteiger partial charge in [-0.2, -0.15) is 0 Å². The summed E-state index contributed by atoms with van der Waals surface area (Å²) in [5.74, 6) is -0.930. The van der Waals surface area contributed by atoms with Gasteiger partial charge < -0.3 is 10.2 Å². The van der Waals surface area contributed by atoms with Crippen LogP contribution < -0.4 is 9.62 Å². The maximum Gasteiger partial charge on any atom is 0.264 e. The van der Waals surface area contributed by atoms with E-state index in [0.717, 1.165) is 14.8 Å². The van der Waals surface area contributed by atoms with Crippen LogP contribution in [0.2, 0.25) is 10.0 Å². The summed E-state index contributed by atoms with van der Waals surface area (Å²) in [4.78, 5) is 29.5. The number of nitrogens with one attached hydrogen (secondary N) is 1. The van der Waals surface area contributed by atoms with Gasteiger partial charge in [-0.25, -0.2) is 8.42 Å². The molecular formula is C30H35Cl2N3O4S2. The quantitative estimate of drug-likeness (QED) is 0.255. The van der Waals surface area contributed by atoms with Gasteiger partial charge in [-0.05, 0) is 95.0 Å². The Kier molecular flexibility index (Phi) is 10.8. The average Bonchev–Trinajstić information content (AvgIpc) is 2.91. The first-order valence-corrected chi connectivity index (χ1v) is 16.3. The first-order chi connectivity index (χ1) is 19.1. The number of halogens is 2.